The van der Waals surface area contributed by atoms with Gasteiger partial charge in [-0.25, -0.2) is 0 Å². The fourth-order valence-electron chi connectivity index (χ4n) is 1.16. The Balaban J connectivity index is 2.69. The maximum atomic E-state index is 3.66. The maximum Gasteiger partial charge on any atom is -0.00942 e. The van der Waals surface area contributed by atoms with E-state index in [1.165, 1.54) is 11.1 Å². The Kier molecular flexibility index (Phi) is 3.34. The Morgan fingerprint density at radius 2 is 2.33 bits per heavy atom. The van der Waals surface area contributed by atoms with E-state index in [0.29, 0.717) is 0 Å². The van der Waals surface area contributed by atoms with Gasteiger partial charge in [-0.1, -0.05) is 54.7 Å². The highest BCUT2D eigenvalue weighted by Gasteiger charge is 1.92. The molecule has 0 unspecified atom stereocenters. The fraction of sp³-hybridized carbons (Fsp3) is 0.167. The van der Waals surface area contributed by atoms with E-state index in [1.54, 1.807) is 0 Å². The van der Waals surface area contributed by atoms with Crippen molar-refractivity contribution in [1.29, 1.82) is 0 Å². The van der Waals surface area contributed by atoms with Crippen molar-refractivity contribution in [1.82, 2.24) is 0 Å². The number of allylic oxidation sites excluding steroid dienone is 9. The van der Waals surface area contributed by atoms with Crippen LogP contribution in [0.25, 0.3) is 0 Å². The van der Waals surface area contributed by atoms with Gasteiger partial charge in [0.25, 0.3) is 0 Å². The summed E-state index contributed by atoms with van der Waals surface area (Å²) in [5, 5.41) is 0. The van der Waals surface area contributed by atoms with Crippen LogP contribution in [-0.2, 0) is 0 Å². The summed E-state index contributed by atoms with van der Waals surface area (Å²) in [5.74, 6) is 0. The van der Waals surface area contributed by atoms with Gasteiger partial charge in [0.1, 0.15) is 0 Å². The lowest BCUT2D eigenvalue weighted by atomic mass is 10.1. The number of hydrogen-bond donors (Lipinski definition) is 0. The Hall–Kier alpha value is -1.30. The van der Waals surface area contributed by atoms with Crippen molar-refractivity contribution in [2.24, 2.45) is 0 Å². The van der Waals surface area contributed by atoms with E-state index in [0.717, 1.165) is 6.42 Å². The molecule has 0 amide bonds. The normalized spacial score (nSPS) is 20.1. The zero-order chi connectivity index (χ0) is 8.81. The second kappa shape index (κ2) is 4.55. The fourth-order valence-corrected chi connectivity index (χ4v) is 1.16. The molecule has 0 spiro atoms. The molecule has 0 aromatic carbocycles. The molecule has 0 heterocycles. The molecule has 0 aromatic heterocycles. The average Bonchev–Trinajstić information content (AvgIpc) is 2.06. The van der Waals surface area contributed by atoms with Crippen LogP contribution in [0.1, 0.15) is 13.3 Å². The molecule has 1 aliphatic carbocycles. The molecule has 0 saturated carbocycles. The average molecular weight is 158 g/mol. The molecule has 1 rings (SSSR count). The molecule has 0 nitrogen and oxygen atoms in total. The van der Waals surface area contributed by atoms with E-state index in [1.807, 2.05) is 12.2 Å². The third kappa shape index (κ3) is 2.75. The van der Waals surface area contributed by atoms with E-state index in [2.05, 4.69) is 43.9 Å². The molecule has 12 heavy (non-hydrogen) atoms. The predicted octanol–water partition coefficient (Wildman–Crippen LogP) is 3.56. The SMILES string of the molecule is C=C/C=C(C)\C=C1/C=CC=CC1. The Morgan fingerprint density at radius 1 is 1.50 bits per heavy atom. The largest absolute Gasteiger partial charge is 0.0991 e. The molecular weight excluding hydrogens is 144 g/mol. The van der Waals surface area contributed by atoms with E-state index >= 15 is 0 Å². The first-order chi connectivity index (χ1) is 5.83. The molecule has 0 N–H and O–H groups in total. The summed E-state index contributed by atoms with van der Waals surface area (Å²) in [4.78, 5) is 0. The first-order valence-corrected chi connectivity index (χ1v) is 4.16. The lowest BCUT2D eigenvalue weighted by Gasteiger charge is -2.01. The second-order valence-electron chi connectivity index (χ2n) is 2.86. The molecule has 62 valence electrons. The highest BCUT2D eigenvalue weighted by molar-refractivity contribution is 5.35. The molecule has 0 saturated heterocycles. The van der Waals surface area contributed by atoms with Gasteiger partial charge in [0.15, 0.2) is 0 Å². The van der Waals surface area contributed by atoms with Gasteiger partial charge in [0, 0.05) is 0 Å². The molecule has 0 aromatic rings. The summed E-state index contributed by atoms with van der Waals surface area (Å²) in [5.41, 5.74) is 2.60. The topological polar surface area (TPSA) is 0 Å². The molecule has 0 bridgehead atoms. The van der Waals surface area contributed by atoms with Crippen LogP contribution >= 0.6 is 0 Å². The predicted molar refractivity (Wildman–Crippen MR) is 54.9 cm³/mol. The lowest BCUT2D eigenvalue weighted by molar-refractivity contribution is 1.25. The first kappa shape index (κ1) is 8.79. The zero-order valence-electron chi connectivity index (χ0n) is 7.46. The Morgan fingerprint density at radius 3 is 2.92 bits per heavy atom. The van der Waals surface area contributed by atoms with Gasteiger partial charge in [-0.2, -0.15) is 0 Å². The highest BCUT2D eigenvalue weighted by atomic mass is 14.0. The van der Waals surface area contributed by atoms with Crippen LogP contribution in [0.2, 0.25) is 0 Å². The van der Waals surface area contributed by atoms with E-state index < -0.39 is 0 Å². The quantitative estimate of drug-likeness (QED) is 0.539. The standard InChI is InChI=1S/C12H14/c1-3-7-11(2)10-12-8-5-4-6-9-12/h3-8,10H,1,9H2,2H3/b11-7-,12-10+. The van der Waals surface area contributed by atoms with Crippen molar-refractivity contribution in [3.8, 4) is 0 Å². The van der Waals surface area contributed by atoms with Gasteiger partial charge in [-0.05, 0) is 18.9 Å². The minimum absolute atomic E-state index is 1.04. The van der Waals surface area contributed by atoms with Gasteiger partial charge in [-0.3, -0.25) is 0 Å². The zero-order valence-corrected chi connectivity index (χ0v) is 7.46. The summed E-state index contributed by atoms with van der Waals surface area (Å²) in [6, 6.07) is 0. The molecule has 0 radical (unpaired) electrons. The van der Waals surface area contributed by atoms with Crippen LogP contribution in [0.15, 0.2) is 60.3 Å². The smallest absolute Gasteiger partial charge is 0.00942 e. The molecule has 0 aliphatic heterocycles. The monoisotopic (exact) mass is 158 g/mol. The summed E-state index contributed by atoms with van der Waals surface area (Å²) in [7, 11) is 0. The van der Waals surface area contributed by atoms with Gasteiger partial charge in [0.05, 0.1) is 0 Å². The van der Waals surface area contributed by atoms with Crippen LogP contribution in [0.3, 0.4) is 0 Å². The summed E-state index contributed by atoms with van der Waals surface area (Å²) in [6.45, 7) is 5.74. The van der Waals surface area contributed by atoms with Crippen molar-refractivity contribution in [3.63, 3.8) is 0 Å². The third-order valence-corrected chi connectivity index (χ3v) is 1.70. The Labute approximate surface area is 74.3 Å². The lowest BCUT2D eigenvalue weighted by Crippen LogP contribution is -1.81. The third-order valence-electron chi connectivity index (χ3n) is 1.70. The molecule has 0 fully saturated rings. The van der Waals surface area contributed by atoms with E-state index in [9.17, 15) is 0 Å². The Bertz CT molecular complexity index is 272. The minimum Gasteiger partial charge on any atom is -0.0991 e. The van der Waals surface area contributed by atoms with Gasteiger partial charge < -0.3 is 0 Å². The number of rotatable bonds is 2. The summed E-state index contributed by atoms with van der Waals surface area (Å²) >= 11 is 0. The maximum absolute atomic E-state index is 3.66. The van der Waals surface area contributed by atoms with Crippen LogP contribution in [0, 0.1) is 0 Å². The van der Waals surface area contributed by atoms with Crippen molar-refractivity contribution in [3.05, 3.63) is 60.3 Å². The van der Waals surface area contributed by atoms with Crippen LogP contribution in [0.4, 0.5) is 0 Å². The minimum atomic E-state index is 1.04. The van der Waals surface area contributed by atoms with Crippen molar-refractivity contribution in [2.75, 3.05) is 0 Å². The summed E-state index contributed by atoms with van der Waals surface area (Å²) in [6.07, 6.45) is 15.5. The molecular formula is C12H14. The molecule has 0 heteroatoms. The first-order valence-electron chi connectivity index (χ1n) is 4.16. The summed E-state index contributed by atoms with van der Waals surface area (Å²) < 4.78 is 0. The van der Waals surface area contributed by atoms with Gasteiger partial charge >= 0.3 is 0 Å². The molecule has 0 atom stereocenters. The van der Waals surface area contributed by atoms with E-state index in [-0.39, 0.29) is 0 Å². The molecule has 1 aliphatic rings. The highest BCUT2D eigenvalue weighted by Crippen LogP contribution is 2.12. The van der Waals surface area contributed by atoms with Gasteiger partial charge in [-0.15, -0.1) is 0 Å². The second-order valence-corrected chi connectivity index (χ2v) is 2.86. The van der Waals surface area contributed by atoms with Crippen LogP contribution in [-0.4, -0.2) is 0 Å². The van der Waals surface area contributed by atoms with Crippen molar-refractivity contribution in [2.45, 2.75) is 13.3 Å². The van der Waals surface area contributed by atoms with Crippen molar-refractivity contribution >= 4 is 0 Å². The van der Waals surface area contributed by atoms with Gasteiger partial charge in [0.2, 0.25) is 0 Å². The van der Waals surface area contributed by atoms with Crippen LogP contribution < -0.4 is 0 Å². The van der Waals surface area contributed by atoms with E-state index in [4.69, 9.17) is 0 Å². The van der Waals surface area contributed by atoms with Crippen molar-refractivity contribution < 1.29 is 0 Å². The van der Waals surface area contributed by atoms with Crippen LogP contribution in [0.5, 0.6) is 0 Å². The number of hydrogen-bond acceptors (Lipinski definition) is 0.